The van der Waals surface area contributed by atoms with Gasteiger partial charge in [-0.25, -0.2) is 4.68 Å². The van der Waals surface area contributed by atoms with Crippen LogP contribution in [0.2, 0.25) is 0 Å². The second-order valence-corrected chi connectivity index (χ2v) is 5.57. The van der Waals surface area contributed by atoms with Crippen molar-refractivity contribution in [2.24, 2.45) is 11.1 Å². The minimum Gasteiger partial charge on any atom is -0.393 e. The van der Waals surface area contributed by atoms with E-state index in [1.54, 1.807) is 12.1 Å². The van der Waals surface area contributed by atoms with Gasteiger partial charge in [0.2, 0.25) is 0 Å². The van der Waals surface area contributed by atoms with Crippen LogP contribution in [0.1, 0.15) is 20.3 Å². The minimum atomic E-state index is -0.303. The molecule has 6 heteroatoms. The minimum absolute atomic E-state index is 0.135. The summed E-state index contributed by atoms with van der Waals surface area (Å²) in [5, 5.41) is 8.55. The number of nitrogens with zero attached hydrogens (tertiary/aromatic N) is 3. The fraction of sp³-hybridized carbons (Fsp3) is 0.385. The van der Waals surface area contributed by atoms with Gasteiger partial charge in [-0.05, 0) is 18.6 Å². The van der Waals surface area contributed by atoms with Gasteiger partial charge < -0.3 is 5.73 Å². The van der Waals surface area contributed by atoms with Crippen LogP contribution < -0.4 is 11.3 Å². The molecule has 2 N–H and O–H groups in total. The molecular formula is C13H16N4OS. The Kier molecular flexibility index (Phi) is 3.61. The number of thiocarbonyl (C=S) groups is 1. The maximum absolute atomic E-state index is 12.2. The number of nitrogens with two attached hydrogens (primary N) is 1. The molecule has 0 bridgehead atoms. The molecule has 1 heterocycles. The molecule has 0 amide bonds. The lowest BCUT2D eigenvalue weighted by molar-refractivity contribution is 0.402. The molecule has 0 radical (unpaired) electrons. The largest absolute Gasteiger partial charge is 0.393 e. The van der Waals surface area contributed by atoms with Crippen LogP contribution in [0.25, 0.3) is 10.9 Å². The summed E-state index contributed by atoms with van der Waals surface area (Å²) in [5.74, 6) is 0. The van der Waals surface area contributed by atoms with E-state index in [-0.39, 0.29) is 11.0 Å². The van der Waals surface area contributed by atoms with E-state index in [0.29, 0.717) is 28.9 Å². The zero-order chi connectivity index (χ0) is 14.0. The molecule has 0 aliphatic rings. The highest BCUT2D eigenvalue weighted by atomic mass is 32.1. The maximum Gasteiger partial charge on any atom is 0.277 e. The van der Waals surface area contributed by atoms with Crippen molar-refractivity contribution in [3.05, 3.63) is 34.6 Å². The summed E-state index contributed by atoms with van der Waals surface area (Å²) in [6.45, 7) is 4.35. The smallest absolute Gasteiger partial charge is 0.277 e. The van der Waals surface area contributed by atoms with Gasteiger partial charge in [0.05, 0.1) is 10.4 Å². The zero-order valence-corrected chi connectivity index (χ0v) is 11.8. The molecule has 1 aromatic carbocycles. The predicted molar refractivity (Wildman–Crippen MR) is 79.0 cm³/mol. The number of aryl methyl sites for hydroxylation is 1. The predicted octanol–water partition coefficient (Wildman–Crippen LogP) is 1.49. The van der Waals surface area contributed by atoms with Gasteiger partial charge in [0, 0.05) is 12.0 Å². The molecule has 1 aromatic heterocycles. The van der Waals surface area contributed by atoms with Gasteiger partial charge in [-0.15, -0.1) is 5.10 Å². The first-order chi connectivity index (χ1) is 8.92. The molecule has 19 heavy (non-hydrogen) atoms. The zero-order valence-electron chi connectivity index (χ0n) is 11.0. The summed E-state index contributed by atoms with van der Waals surface area (Å²) in [6, 6.07) is 7.17. The van der Waals surface area contributed by atoms with E-state index in [4.69, 9.17) is 18.0 Å². The maximum atomic E-state index is 12.2. The van der Waals surface area contributed by atoms with E-state index in [9.17, 15) is 4.79 Å². The number of benzene rings is 1. The summed E-state index contributed by atoms with van der Waals surface area (Å²) >= 11 is 5.01. The van der Waals surface area contributed by atoms with Gasteiger partial charge >= 0.3 is 0 Å². The number of rotatable bonds is 4. The first-order valence-corrected chi connectivity index (χ1v) is 6.45. The lowest BCUT2D eigenvalue weighted by Gasteiger charge is -2.22. The molecule has 0 unspecified atom stereocenters. The van der Waals surface area contributed by atoms with Crippen molar-refractivity contribution in [1.29, 1.82) is 0 Å². The van der Waals surface area contributed by atoms with E-state index in [1.807, 2.05) is 26.0 Å². The fourth-order valence-corrected chi connectivity index (χ4v) is 1.78. The summed E-state index contributed by atoms with van der Waals surface area (Å²) in [7, 11) is 0. The van der Waals surface area contributed by atoms with Crippen molar-refractivity contribution >= 4 is 28.1 Å². The third-order valence-corrected chi connectivity index (χ3v) is 3.80. The van der Waals surface area contributed by atoms with Gasteiger partial charge in [0.1, 0.15) is 5.52 Å². The van der Waals surface area contributed by atoms with E-state index >= 15 is 0 Å². The van der Waals surface area contributed by atoms with E-state index < -0.39 is 0 Å². The summed E-state index contributed by atoms with van der Waals surface area (Å²) < 4.78 is 1.36. The van der Waals surface area contributed by atoms with Gasteiger partial charge in [0.15, 0.2) is 0 Å². The summed E-state index contributed by atoms with van der Waals surface area (Å²) in [6.07, 6.45) is 0.648. The first kappa shape index (κ1) is 13.6. The lowest BCUT2D eigenvalue weighted by Crippen LogP contribution is -2.33. The average Bonchev–Trinajstić information content (AvgIpc) is 2.38. The van der Waals surface area contributed by atoms with Crippen molar-refractivity contribution in [2.75, 3.05) is 0 Å². The molecule has 2 aromatic rings. The van der Waals surface area contributed by atoms with Crippen LogP contribution in [0.4, 0.5) is 0 Å². The highest BCUT2D eigenvalue weighted by molar-refractivity contribution is 7.80. The molecule has 0 saturated heterocycles. The van der Waals surface area contributed by atoms with Crippen LogP contribution in [0, 0.1) is 5.41 Å². The average molecular weight is 276 g/mol. The van der Waals surface area contributed by atoms with Crippen LogP contribution >= 0.6 is 12.2 Å². The van der Waals surface area contributed by atoms with Crippen LogP contribution in [0.3, 0.4) is 0 Å². The Morgan fingerprint density at radius 2 is 2.11 bits per heavy atom. The van der Waals surface area contributed by atoms with Crippen LogP contribution in [-0.4, -0.2) is 20.0 Å². The van der Waals surface area contributed by atoms with Crippen molar-refractivity contribution in [3.8, 4) is 0 Å². The fourth-order valence-electron chi connectivity index (χ4n) is 1.68. The molecular weight excluding hydrogens is 260 g/mol. The third kappa shape index (κ3) is 2.78. The lowest BCUT2D eigenvalue weighted by atomic mass is 9.89. The molecule has 0 spiro atoms. The Balaban J connectivity index is 2.30. The number of fused-ring (bicyclic) bond motifs is 1. The molecule has 5 nitrogen and oxygen atoms in total. The normalized spacial score (nSPS) is 11.7. The standard InChI is InChI=1S/C13H16N4OS/c1-13(2,12(14)19)7-8-17-11(18)9-5-3-4-6-10(9)15-16-17/h3-6H,7-8H2,1-2H3,(H2,14,19). The molecule has 0 atom stereocenters. The van der Waals surface area contributed by atoms with Gasteiger partial charge in [0.25, 0.3) is 5.56 Å². The van der Waals surface area contributed by atoms with Gasteiger partial charge in [-0.2, -0.15) is 0 Å². The van der Waals surface area contributed by atoms with E-state index in [2.05, 4.69) is 10.3 Å². The Morgan fingerprint density at radius 3 is 2.79 bits per heavy atom. The number of hydrogen-bond acceptors (Lipinski definition) is 4. The Labute approximate surface area is 116 Å². The van der Waals surface area contributed by atoms with Crippen LogP contribution in [0.5, 0.6) is 0 Å². The first-order valence-electron chi connectivity index (χ1n) is 6.04. The molecule has 0 fully saturated rings. The van der Waals surface area contributed by atoms with Crippen molar-refractivity contribution in [3.63, 3.8) is 0 Å². The van der Waals surface area contributed by atoms with Crippen molar-refractivity contribution < 1.29 is 0 Å². The summed E-state index contributed by atoms with van der Waals surface area (Å²) in [5.41, 5.74) is 5.84. The molecule has 100 valence electrons. The SMILES string of the molecule is CC(C)(CCn1nnc2ccccc2c1=O)C(N)=S. The Hall–Kier alpha value is -1.82. The van der Waals surface area contributed by atoms with Gasteiger partial charge in [-0.3, -0.25) is 4.79 Å². The summed E-state index contributed by atoms with van der Waals surface area (Å²) in [4.78, 5) is 12.7. The van der Waals surface area contributed by atoms with Crippen LogP contribution in [0.15, 0.2) is 29.1 Å². The second-order valence-electron chi connectivity index (χ2n) is 5.13. The topological polar surface area (TPSA) is 73.8 Å². The third-order valence-electron chi connectivity index (χ3n) is 3.24. The van der Waals surface area contributed by atoms with E-state index in [0.717, 1.165) is 0 Å². The quantitative estimate of drug-likeness (QED) is 0.857. The molecule has 0 saturated carbocycles. The molecule has 2 rings (SSSR count). The van der Waals surface area contributed by atoms with Crippen LogP contribution in [-0.2, 0) is 6.54 Å². The Morgan fingerprint density at radius 1 is 1.42 bits per heavy atom. The van der Waals surface area contributed by atoms with E-state index in [1.165, 1.54) is 4.68 Å². The monoisotopic (exact) mass is 276 g/mol. The Bertz CT molecular complexity index is 678. The molecule has 0 aliphatic heterocycles. The highest BCUT2D eigenvalue weighted by Crippen LogP contribution is 2.20. The van der Waals surface area contributed by atoms with Gasteiger partial charge in [-0.1, -0.05) is 43.4 Å². The number of aromatic nitrogens is 3. The second kappa shape index (κ2) is 5.05. The van der Waals surface area contributed by atoms with Crippen molar-refractivity contribution in [2.45, 2.75) is 26.8 Å². The highest BCUT2D eigenvalue weighted by Gasteiger charge is 2.21. The van der Waals surface area contributed by atoms with Crippen molar-refractivity contribution in [1.82, 2.24) is 15.0 Å². The number of hydrogen-bond donors (Lipinski definition) is 1. The molecule has 0 aliphatic carbocycles.